The van der Waals surface area contributed by atoms with Gasteiger partial charge in [0.2, 0.25) is 0 Å². The summed E-state index contributed by atoms with van der Waals surface area (Å²) < 4.78 is 30.0. The predicted molar refractivity (Wildman–Crippen MR) is 133 cm³/mol. The zero-order chi connectivity index (χ0) is 24.7. The SMILES string of the molecule is COC1[C@@H](Sc2cc(Cl)cnc2N2CC3(COC3)C2)OC2COC(c3ccccc3)O[C@@H]2[C@@H]1N=[N+]=[N-]. The van der Waals surface area contributed by atoms with Gasteiger partial charge in [-0.2, -0.15) is 0 Å². The van der Waals surface area contributed by atoms with Crippen molar-refractivity contribution in [2.24, 2.45) is 10.5 Å². The first-order chi connectivity index (χ1) is 17.6. The molecule has 0 aliphatic carbocycles. The average molecular weight is 532 g/mol. The normalized spacial score (nSPS) is 32.7. The summed E-state index contributed by atoms with van der Waals surface area (Å²) in [7, 11) is 1.59. The van der Waals surface area contributed by atoms with E-state index >= 15 is 0 Å². The fourth-order valence-corrected chi connectivity index (χ4v) is 6.79. The third kappa shape index (κ3) is 4.44. The maximum absolute atomic E-state index is 9.38. The van der Waals surface area contributed by atoms with Crippen LogP contribution in [0.5, 0.6) is 0 Å². The molecule has 6 rings (SSSR count). The minimum atomic E-state index is -0.610. The molecule has 190 valence electrons. The van der Waals surface area contributed by atoms with Crippen molar-refractivity contribution < 1.29 is 23.7 Å². The molecule has 1 spiro atoms. The van der Waals surface area contributed by atoms with E-state index in [9.17, 15) is 5.53 Å². The monoisotopic (exact) mass is 531 g/mol. The molecule has 3 unspecified atom stereocenters. The molecule has 0 N–H and O–H groups in total. The van der Waals surface area contributed by atoms with Gasteiger partial charge < -0.3 is 28.6 Å². The van der Waals surface area contributed by atoms with Crippen LogP contribution in [0.3, 0.4) is 0 Å². The fourth-order valence-electron chi connectivity index (χ4n) is 5.23. The molecule has 10 nitrogen and oxygen atoms in total. The van der Waals surface area contributed by atoms with Gasteiger partial charge in [-0.1, -0.05) is 58.8 Å². The molecule has 6 atom stereocenters. The van der Waals surface area contributed by atoms with Gasteiger partial charge in [0.15, 0.2) is 6.29 Å². The van der Waals surface area contributed by atoms with Gasteiger partial charge in [-0.3, -0.25) is 0 Å². The molecule has 2 aromatic rings. The molecule has 5 heterocycles. The summed E-state index contributed by atoms with van der Waals surface area (Å²) in [4.78, 5) is 10.8. The summed E-state index contributed by atoms with van der Waals surface area (Å²) in [5, 5.41) is 4.63. The number of pyridine rings is 1. The van der Waals surface area contributed by atoms with Crippen LogP contribution in [0.1, 0.15) is 11.9 Å². The van der Waals surface area contributed by atoms with Crippen LogP contribution in [0.2, 0.25) is 5.02 Å². The van der Waals surface area contributed by atoms with Crippen molar-refractivity contribution in [1.82, 2.24) is 4.98 Å². The van der Waals surface area contributed by atoms with Crippen LogP contribution in [0.15, 0.2) is 52.6 Å². The lowest BCUT2D eigenvalue weighted by molar-refractivity contribution is -0.298. The van der Waals surface area contributed by atoms with Crippen LogP contribution < -0.4 is 4.90 Å². The third-order valence-corrected chi connectivity index (χ3v) is 8.42. The number of thioether (sulfide) groups is 1. The number of hydrogen-bond donors (Lipinski definition) is 0. The van der Waals surface area contributed by atoms with Crippen molar-refractivity contribution in [3.05, 3.63) is 63.6 Å². The van der Waals surface area contributed by atoms with E-state index in [0.717, 1.165) is 42.6 Å². The number of halogens is 1. The van der Waals surface area contributed by atoms with Gasteiger partial charge in [0, 0.05) is 36.9 Å². The molecular weight excluding hydrogens is 506 g/mol. The van der Waals surface area contributed by atoms with Crippen LogP contribution in [0.25, 0.3) is 10.4 Å². The zero-order valence-corrected chi connectivity index (χ0v) is 21.2. The summed E-state index contributed by atoms with van der Waals surface area (Å²) in [6.45, 7) is 3.66. The van der Waals surface area contributed by atoms with E-state index in [2.05, 4.69) is 19.9 Å². The number of fused-ring (bicyclic) bond motifs is 1. The Balaban J connectivity index is 1.24. The number of benzene rings is 1. The van der Waals surface area contributed by atoms with Crippen molar-refractivity contribution >= 4 is 29.2 Å². The molecule has 4 fully saturated rings. The first-order valence-electron chi connectivity index (χ1n) is 11.8. The van der Waals surface area contributed by atoms with Gasteiger partial charge in [-0.15, -0.1) is 0 Å². The molecular formula is C24H26ClN5O5S. The van der Waals surface area contributed by atoms with Crippen molar-refractivity contribution in [2.45, 2.75) is 41.0 Å². The molecule has 1 aromatic carbocycles. The van der Waals surface area contributed by atoms with E-state index in [0.29, 0.717) is 11.6 Å². The number of ether oxygens (including phenoxy) is 5. The first kappa shape index (κ1) is 24.3. The van der Waals surface area contributed by atoms with E-state index < -0.39 is 36.1 Å². The van der Waals surface area contributed by atoms with E-state index in [1.54, 1.807) is 13.3 Å². The maximum atomic E-state index is 9.38. The Morgan fingerprint density at radius 3 is 2.75 bits per heavy atom. The van der Waals surface area contributed by atoms with Gasteiger partial charge in [-0.05, 0) is 11.6 Å². The smallest absolute Gasteiger partial charge is 0.184 e. The molecule has 36 heavy (non-hydrogen) atoms. The highest BCUT2D eigenvalue weighted by Crippen LogP contribution is 2.46. The molecule has 0 bridgehead atoms. The molecule has 4 saturated heterocycles. The summed E-state index contributed by atoms with van der Waals surface area (Å²) in [6, 6.07) is 10.9. The minimum Gasteiger partial charge on any atom is -0.380 e. The summed E-state index contributed by atoms with van der Waals surface area (Å²) in [5.74, 6) is 0.850. The predicted octanol–water partition coefficient (Wildman–Crippen LogP) is 4.20. The Bertz CT molecular complexity index is 1140. The molecule has 0 saturated carbocycles. The summed E-state index contributed by atoms with van der Waals surface area (Å²) in [5.41, 5.74) is 10.0. The number of methoxy groups -OCH3 is 1. The van der Waals surface area contributed by atoms with Crippen molar-refractivity contribution in [2.75, 3.05) is 44.9 Å². The summed E-state index contributed by atoms with van der Waals surface area (Å²) >= 11 is 7.80. The van der Waals surface area contributed by atoms with Crippen LogP contribution in [-0.4, -0.2) is 74.8 Å². The van der Waals surface area contributed by atoms with E-state index in [1.807, 2.05) is 36.4 Å². The first-order valence-corrected chi connectivity index (χ1v) is 13.0. The average Bonchev–Trinajstić information content (AvgIpc) is 2.84. The Morgan fingerprint density at radius 1 is 1.25 bits per heavy atom. The minimum absolute atomic E-state index is 0.242. The van der Waals surface area contributed by atoms with E-state index in [-0.39, 0.29) is 5.41 Å². The van der Waals surface area contributed by atoms with Gasteiger partial charge in [0.1, 0.15) is 29.6 Å². The quantitative estimate of drug-likeness (QED) is 0.310. The molecule has 0 radical (unpaired) electrons. The largest absolute Gasteiger partial charge is 0.380 e. The van der Waals surface area contributed by atoms with Crippen molar-refractivity contribution in [1.29, 1.82) is 0 Å². The van der Waals surface area contributed by atoms with Gasteiger partial charge in [0.25, 0.3) is 0 Å². The van der Waals surface area contributed by atoms with Gasteiger partial charge in [-0.25, -0.2) is 4.98 Å². The fraction of sp³-hybridized carbons (Fsp3) is 0.542. The third-order valence-electron chi connectivity index (χ3n) is 7.05. The molecule has 4 aliphatic heterocycles. The van der Waals surface area contributed by atoms with Gasteiger partial charge in [0.05, 0.1) is 41.2 Å². The molecule has 4 aliphatic rings. The Labute approximate surface area is 217 Å². The van der Waals surface area contributed by atoms with E-state index in [4.69, 9.17) is 35.3 Å². The number of nitrogens with zero attached hydrogens (tertiary/aromatic N) is 5. The molecule has 0 amide bonds. The highest BCUT2D eigenvalue weighted by Gasteiger charge is 2.52. The zero-order valence-electron chi connectivity index (χ0n) is 19.6. The Kier molecular flexibility index (Phi) is 6.74. The Hall–Kier alpha value is -2.08. The van der Waals surface area contributed by atoms with Gasteiger partial charge >= 0.3 is 0 Å². The number of rotatable bonds is 6. The highest BCUT2D eigenvalue weighted by molar-refractivity contribution is 8.00. The van der Waals surface area contributed by atoms with Crippen molar-refractivity contribution in [3.8, 4) is 0 Å². The number of aromatic nitrogens is 1. The standard InChI is InChI=1S/C24H26ClN5O5S/c1-31-20-18(28-29-26)19-16(9-33-22(35-19)14-5-3-2-4-6-14)34-23(20)36-17-7-15(25)8-27-21(17)30-10-24(11-30)12-32-13-24/h2-8,16,18-20,22-23H,9-13H2,1H3/t16?,18-,19-,20?,22?,23+/m0/s1. The number of azide groups is 1. The second kappa shape index (κ2) is 10.00. The lowest BCUT2D eigenvalue weighted by Gasteiger charge is -2.55. The topological polar surface area (TPSA) is 111 Å². The summed E-state index contributed by atoms with van der Waals surface area (Å²) in [6.07, 6.45) is -0.431. The second-order valence-corrected chi connectivity index (χ2v) is 11.1. The van der Waals surface area contributed by atoms with Crippen molar-refractivity contribution in [3.63, 3.8) is 0 Å². The van der Waals surface area contributed by atoms with Crippen LogP contribution in [0, 0.1) is 5.41 Å². The number of hydrogen-bond acceptors (Lipinski definition) is 9. The second-order valence-electron chi connectivity index (χ2n) is 9.56. The maximum Gasteiger partial charge on any atom is 0.184 e. The van der Waals surface area contributed by atoms with Crippen LogP contribution >= 0.6 is 23.4 Å². The highest BCUT2D eigenvalue weighted by atomic mass is 35.5. The van der Waals surface area contributed by atoms with E-state index in [1.165, 1.54) is 11.8 Å². The lowest BCUT2D eigenvalue weighted by atomic mass is 9.78. The molecule has 12 heteroatoms. The molecule has 1 aromatic heterocycles. The lowest BCUT2D eigenvalue weighted by Crippen LogP contribution is -2.66. The van der Waals surface area contributed by atoms with Crippen LogP contribution in [0.4, 0.5) is 5.82 Å². The number of anilines is 1. The Morgan fingerprint density at radius 2 is 2.06 bits per heavy atom. The van der Waals surface area contributed by atoms with Crippen LogP contribution in [-0.2, 0) is 23.7 Å².